The van der Waals surface area contributed by atoms with Crippen molar-refractivity contribution in [2.45, 2.75) is 13.3 Å². The molecule has 0 aliphatic rings. The number of benzene rings is 1. The van der Waals surface area contributed by atoms with Crippen molar-refractivity contribution < 1.29 is 9.90 Å². The topological polar surface area (TPSA) is 91.3 Å². The second-order valence-electron chi connectivity index (χ2n) is 6.55. The Morgan fingerprint density at radius 2 is 1.93 bits per heavy atom. The molecule has 136 valence electrons. The van der Waals surface area contributed by atoms with Crippen LogP contribution in [0.25, 0.3) is 16.8 Å². The van der Waals surface area contributed by atoms with Crippen molar-refractivity contribution in [3.05, 3.63) is 88.9 Å². The van der Waals surface area contributed by atoms with Gasteiger partial charge >= 0.3 is 5.97 Å². The van der Waals surface area contributed by atoms with Gasteiger partial charge in [-0.2, -0.15) is 10.4 Å². The first kappa shape index (κ1) is 17.4. The molecule has 0 bridgehead atoms. The summed E-state index contributed by atoms with van der Waals surface area (Å²) in [6.45, 7) is 2.00. The fraction of sp³-hybridized carbons (Fsp3) is 0.0909. The largest absolute Gasteiger partial charge is 0.477 e. The first-order valence-corrected chi connectivity index (χ1v) is 8.73. The van der Waals surface area contributed by atoms with Crippen LogP contribution in [0.2, 0.25) is 0 Å². The van der Waals surface area contributed by atoms with Gasteiger partial charge < -0.3 is 5.11 Å². The van der Waals surface area contributed by atoms with E-state index in [1.165, 1.54) is 6.07 Å². The molecular formula is C22H16N4O2. The van der Waals surface area contributed by atoms with Crippen molar-refractivity contribution in [1.82, 2.24) is 14.6 Å². The number of hydrogen-bond donors (Lipinski definition) is 1. The molecule has 4 rings (SSSR count). The lowest BCUT2D eigenvalue weighted by atomic mass is 10.0. The lowest BCUT2D eigenvalue weighted by molar-refractivity contribution is 0.0690. The van der Waals surface area contributed by atoms with Gasteiger partial charge in [0.15, 0.2) is 0 Å². The molecule has 1 N–H and O–H groups in total. The van der Waals surface area contributed by atoms with Crippen molar-refractivity contribution in [2.75, 3.05) is 0 Å². The average molecular weight is 368 g/mol. The maximum absolute atomic E-state index is 11.2. The van der Waals surface area contributed by atoms with E-state index in [9.17, 15) is 9.90 Å². The van der Waals surface area contributed by atoms with Crippen LogP contribution < -0.4 is 0 Å². The van der Waals surface area contributed by atoms with Gasteiger partial charge in [0.25, 0.3) is 0 Å². The highest BCUT2D eigenvalue weighted by atomic mass is 16.4. The number of rotatable bonds is 4. The van der Waals surface area contributed by atoms with Crippen molar-refractivity contribution in [1.29, 1.82) is 5.26 Å². The van der Waals surface area contributed by atoms with E-state index in [1.54, 1.807) is 18.2 Å². The Hall–Kier alpha value is -3.98. The van der Waals surface area contributed by atoms with Crippen LogP contribution in [0.1, 0.15) is 32.9 Å². The Morgan fingerprint density at radius 1 is 1.14 bits per heavy atom. The van der Waals surface area contributed by atoms with E-state index in [4.69, 9.17) is 10.4 Å². The summed E-state index contributed by atoms with van der Waals surface area (Å²) >= 11 is 0. The van der Waals surface area contributed by atoms with Gasteiger partial charge in [0.05, 0.1) is 22.8 Å². The summed E-state index contributed by atoms with van der Waals surface area (Å²) in [4.78, 5) is 15.5. The van der Waals surface area contributed by atoms with Crippen LogP contribution in [0.4, 0.5) is 0 Å². The number of hydrogen-bond acceptors (Lipinski definition) is 4. The summed E-state index contributed by atoms with van der Waals surface area (Å²) in [5.41, 5.74) is 5.92. The molecule has 28 heavy (non-hydrogen) atoms. The maximum atomic E-state index is 11.2. The van der Waals surface area contributed by atoms with Crippen LogP contribution >= 0.6 is 0 Å². The van der Waals surface area contributed by atoms with E-state index < -0.39 is 5.97 Å². The van der Waals surface area contributed by atoms with Gasteiger partial charge in [0.2, 0.25) is 0 Å². The zero-order chi connectivity index (χ0) is 19.7. The second kappa shape index (κ2) is 6.97. The van der Waals surface area contributed by atoms with Crippen molar-refractivity contribution in [3.63, 3.8) is 0 Å². The van der Waals surface area contributed by atoms with E-state index in [-0.39, 0.29) is 5.69 Å². The van der Waals surface area contributed by atoms with Gasteiger partial charge in [-0.1, -0.05) is 24.3 Å². The van der Waals surface area contributed by atoms with E-state index in [2.05, 4.69) is 11.1 Å². The molecule has 0 aliphatic carbocycles. The summed E-state index contributed by atoms with van der Waals surface area (Å²) in [5.74, 6) is -1.05. The fourth-order valence-corrected chi connectivity index (χ4v) is 3.19. The summed E-state index contributed by atoms with van der Waals surface area (Å²) in [5, 5.41) is 23.0. The molecule has 4 aromatic rings. The Labute approximate surface area is 161 Å². The highest BCUT2D eigenvalue weighted by Crippen LogP contribution is 2.28. The summed E-state index contributed by atoms with van der Waals surface area (Å²) in [6, 6.07) is 18.4. The van der Waals surface area contributed by atoms with Gasteiger partial charge in [-0.05, 0) is 42.8 Å². The predicted molar refractivity (Wildman–Crippen MR) is 104 cm³/mol. The number of aromatic carboxylic acids is 1. The Balaban J connectivity index is 1.86. The molecule has 1 aromatic carbocycles. The molecule has 0 radical (unpaired) electrons. The van der Waals surface area contributed by atoms with Gasteiger partial charge in [0.1, 0.15) is 5.69 Å². The van der Waals surface area contributed by atoms with Crippen molar-refractivity contribution in [2.24, 2.45) is 0 Å². The SMILES string of the molecule is Cc1ccc2c(Cc3cccc(C(=O)O)n3)c(-c3ccc(C#N)cc3)nn2c1. The van der Waals surface area contributed by atoms with E-state index in [1.807, 2.05) is 48.0 Å². The molecule has 6 nitrogen and oxygen atoms in total. The van der Waals surface area contributed by atoms with Gasteiger partial charge in [-0.3, -0.25) is 0 Å². The predicted octanol–water partition coefficient (Wildman–Crippen LogP) is 3.87. The van der Waals surface area contributed by atoms with Gasteiger partial charge in [-0.25, -0.2) is 14.3 Å². The summed E-state index contributed by atoms with van der Waals surface area (Å²) < 4.78 is 1.83. The molecule has 0 fully saturated rings. The maximum Gasteiger partial charge on any atom is 0.354 e. The standard InChI is InChI=1S/C22H16N4O2/c1-14-5-10-20-18(11-17-3-2-4-19(24-17)22(27)28)21(25-26(20)13-14)16-8-6-15(12-23)7-9-16/h2-10,13H,11H2,1H3,(H,27,28). The third-order valence-corrected chi connectivity index (χ3v) is 4.55. The first-order valence-electron chi connectivity index (χ1n) is 8.73. The van der Waals surface area contributed by atoms with E-state index in [0.29, 0.717) is 17.7 Å². The number of nitriles is 1. The lowest BCUT2D eigenvalue weighted by Crippen LogP contribution is -2.03. The van der Waals surface area contributed by atoms with Crippen LogP contribution in [-0.4, -0.2) is 25.7 Å². The van der Waals surface area contributed by atoms with Crippen molar-refractivity contribution in [3.8, 4) is 17.3 Å². The van der Waals surface area contributed by atoms with E-state index >= 15 is 0 Å². The number of aryl methyl sites for hydroxylation is 1. The van der Waals surface area contributed by atoms with Crippen LogP contribution in [0.15, 0.2) is 60.8 Å². The van der Waals surface area contributed by atoms with E-state index in [0.717, 1.165) is 27.9 Å². The molecule has 3 aromatic heterocycles. The highest BCUT2D eigenvalue weighted by molar-refractivity contribution is 5.85. The molecular weight excluding hydrogens is 352 g/mol. The molecule has 3 heterocycles. The first-order chi connectivity index (χ1) is 13.5. The Morgan fingerprint density at radius 3 is 2.64 bits per heavy atom. The summed E-state index contributed by atoms with van der Waals surface area (Å²) in [7, 11) is 0. The fourth-order valence-electron chi connectivity index (χ4n) is 3.19. The molecule has 0 amide bonds. The minimum atomic E-state index is -1.05. The molecule has 0 spiro atoms. The number of pyridine rings is 2. The monoisotopic (exact) mass is 368 g/mol. The number of carboxylic acid groups (broad SMARTS) is 1. The smallest absolute Gasteiger partial charge is 0.354 e. The van der Waals surface area contributed by atoms with Crippen LogP contribution in [-0.2, 0) is 6.42 Å². The number of carboxylic acids is 1. The second-order valence-corrected chi connectivity index (χ2v) is 6.55. The zero-order valence-electron chi connectivity index (χ0n) is 15.1. The average Bonchev–Trinajstić information content (AvgIpc) is 3.05. The van der Waals surface area contributed by atoms with Crippen LogP contribution in [0.5, 0.6) is 0 Å². The van der Waals surface area contributed by atoms with Gasteiger partial charge in [-0.15, -0.1) is 0 Å². The third kappa shape index (κ3) is 3.21. The number of nitrogens with zero attached hydrogens (tertiary/aromatic N) is 4. The normalized spacial score (nSPS) is 10.7. The molecule has 6 heteroatoms. The third-order valence-electron chi connectivity index (χ3n) is 4.55. The Bertz CT molecular complexity index is 1230. The molecule has 0 saturated heterocycles. The minimum Gasteiger partial charge on any atom is -0.477 e. The summed E-state index contributed by atoms with van der Waals surface area (Å²) in [6.07, 6.45) is 2.40. The molecule has 0 unspecified atom stereocenters. The highest BCUT2D eigenvalue weighted by Gasteiger charge is 2.16. The molecule has 0 atom stereocenters. The number of carbonyl (C=O) groups is 1. The number of fused-ring (bicyclic) bond motifs is 1. The van der Waals surface area contributed by atoms with Crippen molar-refractivity contribution >= 4 is 11.5 Å². The quantitative estimate of drug-likeness (QED) is 0.590. The molecule has 0 saturated carbocycles. The van der Waals surface area contributed by atoms with Crippen LogP contribution in [0, 0.1) is 18.3 Å². The Kier molecular flexibility index (Phi) is 4.34. The number of aromatic nitrogens is 3. The van der Waals surface area contributed by atoms with Gasteiger partial charge in [0, 0.05) is 29.4 Å². The van der Waals surface area contributed by atoms with Crippen LogP contribution in [0.3, 0.4) is 0 Å². The molecule has 0 aliphatic heterocycles. The minimum absolute atomic E-state index is 0.0183. The zero-order valence-corrected chi connectivity index (χ0v) is 15.1. The lowest BCUT2D eigenvalue weighted by Gasteiger charge is -2.05.